The molecular weight excluding hydrogens is 304 g/mol. The lowest BCUT2D eigenvalue weighted by Gasteiger charge is -2.24. The highest BCUT2D eigenvalue weighted by Crippen LogP contribution is 2.16. The summed E-state index contributed by atoms with van der Waals surface area (Å²) in [6.07, 6.45) is 4.11. The molecule has 1 N–H and O–H groups in total. The first kappa shape index (κ1) is 19.4. The molecule has 1 unspecified atom stereocenters. The van der Waals surface area contributed by atoms with Gasteiger partial charge in [-0.05, 0) is 25.8 Å². The molecule has 7 heteroatoms. The monoisotopic (exact) mass is 334 g/mol. The Labute approximate surface area is 134 Å². The van der Waals surface area contributed by atoms with E-state index in [1.54, 1.807) is 4.31 Å². The molecule has 130 valence electrons. The van der Waals surface area contributed by atoms with Gasteiger partial charge in [0.15, 0.2) is 0 Å². The van der Waals surface area contributed by atoms with Gasteiger partial charge in [-0.1, -0.05) is 26.7 Å². The van der Waals surface area contributed by atoms with E-state index in [2.05, 4.69) is 11.8 Å². The number of hydrogen-bond donors (Lipinski definition) is 1. The Bertz CT molecular complexity index is 439. The number of likely N-dealkylation sites (tertiary alicyclic amines) is 1. The summed E-state index contributed by atoms with van der Waals surface area (Å²) in [6.45, 7) is 6.95. The van der Waals surface area contributed by atoms with Gasteiger partial charge < -0.3 is 10.0 Å². The maximum Gasteiger partial charge on any atom is 0.307 e. The molecule has 0 amide bonds. The molecule has 1 aliphatic rings. The highest BCUT2D eigenvalue weighted by molar-refractivity contribution is 7.89. The topological polar surface area (TPSA) is 77.9 Å². The maximum atomic E-state index is 12.4. The first-order valence-electron chi connectivity index (χ1n) is 8.33. The number of aliphatic carboxylic acids is 1. The smallest absolute Gasteiger partial charge is 0.307 e. The van der Waals surface area contributed by atoms with Crippen molar-refractivity contribution >= 4 is 16.0 Å². The molecule has 0 aromatic carbocycles. The molecule has 1 saturated heterocycles. The van der Waals surface area contributed by atoms with Crippen molar-refractivity contribution in [3.8, 4) is 0 Å². The molecule has 1 rings (SSSR count). The van der Waals surface area contributed by atoms with Crippen molar-refractivity contribution in [1.29, 1.82) is 0 Å². The van der Waals surface area contributed by atoms with E-state index in [0.29, 0.717) is 39.0 Å². The molecule has 0 radical (unpaired) electrons. The van der Waals surface area contributed by atoms with Gasteiger partial charge >= 0.3 is 5.97 Å². The number of hydrogen-bond acceptors (Lipinski definition) is 4. The Kier molecular flexibility index (Phi) is 8.35. The van der Waals surface area contributed by atoms with Gasteiger partial charge in [0.1, 0.15) is 0 Å². The fraction of sp³-hybridized carbons (Fsp3) is 0.933. The summed E-state index contributed by atoms with van der Waals surface area (Å²) in [6, 6.07) is 0. The van der Waals surface area contributed by atoms with Crippen molar-refractivity contribution in [2.45, 2.75) is 46.0 Å². The molecule has 22 heavy (non-hydrogen) atoms. The van der Waals surface area contributed by atoms with Gasteiger partial charge in [0.25, 0.3) is 0 Å². The molecule has 0 aromatic rings. The van der Waals surface area contributed by atoms with Crippen LogP contribution in [0.4, 0.5) is 0 Å². The van der Waals surface area contributed by atoms with Gasteiger partial charge in [0, 0.05) is 26.2 Å². The molecule has 1 aliphatic heterocycles. The van der Waals surface area contributed by atoms with Crippen LogP contribution in [0.1, 0.15) is 46.0 Å². The molecule has 0 spiro atoms. The first-order valence-corrected chi connectivity index (χ1v) is 9.94. The van der Waals surface area contributed by atoms with Crippen LogP contribution in [0.5, 0.6) is 0 Å². The van der Waals surface area contributed by atoms with E-state index in [9.17, 15) is 13.2 Å². The van der Waals surface area contributed by atoms with Crippen molar-refractivity contribution in [2.75, 3.05) is 38.5 Å². The van der Waals surface area contributed by atoms with E-state index in [1.165, 1.54) is 0 Å². The molecule has 0 aliphatic carbocycles. The van der Waals surface area contributed by atoms with Crippen molar-refractivity contribution in [3.63, 3.8) is 0 Å². The number of sulfonamides is 1. The molecule has 1 heterocycles. The molecule has 0 bridgehead atoms. The zero-order valence-corrected chi connectivity index (χ0v) is 14.6. The normalized spacial score (nSPS) is 19.9. The third-order valence-electron chi connectivity index (χ3n) is 4.16. The lowest BCUT2D eigenvalue weighted by molar-refractivity contribution is -0.141. The Balaban J connectivity index is 2.48. The standard InChI is InChI=1S/C15H30N2O4S/c1-3-5-6-12-22(20,21)17(8-4-2)11-10-16-9-7-14(13-16)15(18)19/h14H,3-13H2,1-2H3,(H,18,19). The highest BCUT2D eigenvalue weighted by Gasteiger charge is 2.29. The SMILES string of the molecule is CCCCCS(=O)(=O)N(CCC)CCN1CCC(C(=O)O)C1. The summed E-state index contributed by atoms with van der Waals surface area (Å²) in [5, 5.41) is 9.01. The van der Waals surface area contributed by atoms with E-state index in [1.807, 2.05) is 6.92 Å². The number of carbonyl (C=O) groups is 1. The summed E-state index contributed by atoms with van der Waals surface area (Å²) in [4.78, 5) is 13.0. The van der Waals surface area contributed by atoms with E-state index in [0.717, 1.165) is 25.8 Å². The lowest BCUT2D eigenvalue weighted by atomic mass is 10.1. The van der Waals surface area contributed by atoms with Gasteiger partial charge in [-0.2, -0.15) is 0 Å². The van der Waals surface area contributed by atoms with E-state index < -0.39 is 16.0 Å². The van der Waals surface area contributed by atoms with Crippen LogP contribution < -0.4 is 0 Å². The fourth-order valence-corrected chi connectivity index (χ4v) is 4.44. The molecule has 0 aromatic heterocycles. The quantitative estimate of drug-likeness (QED) is 0.581. The van der Waals surface area contributed by atoms with Crippen molar-refractivity contribution in [1.82, 2.24) is 9.21 Å². The van der Waals surface area contributed by atoms with Gasteiger partial charge in [-0.25, -0.2) is 12.7 Å². The second-order valence-corrected chi connectivity index (χ2v) is 8.14. The van der Waals surface area contributed by atoms with Gasteiger partial charge in [0.05, 0.1) is 11.7 Å². The maximum absolute atomic E-state index is 12.4. The minimum atomic E-state index is -3.19. The summed E-state index contributed by atoms with van der Waals surface area (Å²) in [5.41, 5.74) is 0. The summed E-state index contributed by atoms with van der Waals surface area (Å²) >= 11 is 0. The van der Waals surface area contributed by atoms with Crippen LogP contribution in [-0.4, -0.2) is 67.2 Å². The largest absolute Gasteiger partial charge is 0.481 e. The molecule has 1 atom stereocenters. The Morgan fingerprint density at radius 1 is 1.23 bits per heavy atom. The highest BCUT2D eigenvalue weighted by atomic mass is 32.2. The van der Waals surface area contributed by atoms with Gasteiger partial charge in [-0.3, -0.25) is 4.79 Å². The number of unbranched alkanes of at least 4 members (excludes halogenated alkanes) is 2. The van der Waals surface area contributed by atoms with Crippen molar-refractivity contribution in [3.05, 3.63) is 0 Å². The molecule has 0 saturated carbocycles. The summed E-state index contributed by atoms with van der Waals surface area (Å²) in [7, 11) is -3.19. The van der Waals surface area contributed by atoms with Crippen LogP contribution in [0.3, 0.4) is 0 Å². The minimum absolute atomic E-state index is 0.221. The van der Waals surface area contributed by atoms with Crippen LogP contribution in [0.25, 0.3) is 0 Å². The van der Waals surface area contributed by atoms with Crippen LogP contribution in [0, 0.1) is 5.92 Å². The number of carboxylic acid groups (broad SMARTS) is 1. The van der Waals surface area contributed by atoms with Crippen LogP contribution in [0.15, 0.2) is 0 Å². The Morgan fingerprint density at radius 3 is 2.50 bits per heavy atom. The zero-order chi connectivity index (χ0) is 16.6. The van der Waals surface area contributed by atoms with Crippen molar-refractivity contribution < 1.29 is 18.3 Å². The second-order valence-electron chi connectivity index (χ2n) is 6.05. The summed E-state index contributed by atoms with van der Waals surface area (Å²) < 4.78 is 26.4. The van der Waals surface area contributed by atoms with E-state index >= 15 is 0 Å². The van der Waals surface area contributed by atoms with Gasteiger partial charge in [0.2, 0.25) is 10.0 Å². The van der Waals surface area contributed by atoms with Crippen molar-refractivity contribution in [2.24, 2.45) is 5.92 Å². The zero-order valence-electron chi connectivity index (χ0n) is 13.8. The lowest BCUT2D eigenvalue weighted by Crippen LogP contribution is -2.39. The molecule has 6 nitrogen and oxygen atoms in total. The Hall–Kier alpha value is -0.660. The average molecular weight is 334 g/mol. The van der Waals surface area contributed by atoms with E-state index in [-0.39, 0.29) is 11.7 Å². The Morgan fingerprint density at radius 2 is 1.95 bits per heavy atom. The average Bonchev–Trinajstić information content (AvgIpc) is 2.92. The van der Waals surface area contributed by atoms with E-state index in [4.69, 9.17) is 5.11 Å². The predicted molar refractivity (Wildman–Crippen MR) is 87.4 cm³/mol. The van der Waals surface area contributed by atoms with Crippen LogP contribution in [-0.2, 0) is 14.8 Å². The number of rotatable bonds is 11. The number of nitrogens with zero attached hydrogens (tertiary/aromatic N) is 2. The molecular formula is C15H30N2O4S. The van der Waals surface area contributed by atoms with Crippen LogP contribution >= 0.6 is 0 Å². The third kappa shape index (κ3) is 6.22. The molecule has 1 fully saturated rings. The minimum Gasteiger partial charge on any atom is -0.481 e. The van der Waals surface area contributed by atoms with Crippen LogP contribution in [0.2, 0.25) is 0 Å². The number of carboxylic acids is 1. The first-order chi connectivity index (χ1) is 10.4. The second kappa shape index (κ2) is 9.47. The summed E-state index contributed by atoms with van der Waals surface area (Å²) in [5.74, 6) is -0.834. The predicted octanol–water partition coefficient (Wildman–Crippen LogP) is 1.62. The third-order valence-corrected chi connectivity index (χ3v) is 6.12. The van der Waals surface area contributed by atoms with Gasteiger partial charge in [-0.15, -0.1) is 0 Å². The fourth-order valence-electron chi connectivity index (χ4n) is 2.79.